The fraction of sp³-hybridized carbons (Fsp3) is 0.700. The van der Waals surface area contributed by atoms with Crippen molar-refractivity contribution in [3.63, 3.8) is 0 Å². The maximum absolute atomic E-state index is 11.5. The number of carbonyl (C=O) groups is 1. The number of piperazine rings is 1. The molecule has 0 saturated carbocycles. The lowest BCUT2D eigenvalue weighted by molar-refractivity contribution is 0.0796. The lowest BCUT2D eigenvalue weighted by Gasteiger charge is -2.31. The largest absolute Gasteiger partial charge is 0.433 e. The van der Waals surface area contributed by atoms with Crippen molar-refractivity contribution in [3.05, 3.63) is 0 Å². The van der Waals surface area contributed by atoms with E-state index in [0.717, 1.165) is 6.54 Å². The van der Waals surface area contributed by atoms with Gasteiger partial charge in [-0.1, -0.05) is 5.92 Å². The molecule has 0 bridgehead atoms. The Morgan fingerprint density at radius 2 is 2.50 bits per heavy atom. The molecule has 2 atom stereocenters. The van der Waals surface area contributed by atoms with E-state index in [1.807, 2.05) is 6.92 Å². The number of carbonyl (C=O) groups excluding carboxylic acids is 1. The van der Waals surface area contributed by atoms with Crippen LogP contribution in [0.25, 0.3) is 0 Å². The summed E-state index contributed by atoms with van der Waals surface area (Å²) in [4.78, 5) is 13.2. The highest BCUT2D eigenvalue weighted by Crippen LogP contribution is 2.03. The molecule has 4 nitrogen and oxygen atoms in total. The predicted molar refractivity (Wildman–Crippen MR) is 53.8 cm³/mol. The Hall–Kier alpha value is -1.21. The van der Waals surface area contributed by atoms with E-state index in [4.69, 9.17) is 11.2 Å². The minimum atomic E-state index is -0.451. The molecule has 0 radical (unpaired) electrons. The van der Waals surface area contributed by atoms with Crippen LogP contribution in [0, 0.1) is 12.3 Å². The van der Waals surface area contributed by atoms with Crippen molar-refractivity contribution in [2.75, 3.05) is 19.6 Å². The number of terminal acetylenes is 1. The molecule has 1 aliphatic heterocycles. The van der Waals surface area contributed by atoms with E-state index in [0.29, 0.717) is 19.1 Å². The first-order chi connectivity index (χ1) is 6.63. The molecule has 1 N–H and O–H groups in total. The summed E-state index contributed by atoms with van der Waals surface area (Å²) < 4.78 is 5.01. The molecule has 1 aliphatic rings. The number of hydrogen-bond donors (Lipinski definition) is 1. The summed E-state index contributed by atoms with van der Waals surface area (Å²) in [5.74, 6) is 2.36. The summed E-state index contributed by atoms with van der Waals surface area (Å²) in [6.07, 6.45) is 4.35. The summed E-state index contributed by atoms with van der Waals surface area (Å²) in [6, 6.07) is 0.317. The number of rotatable bonds is 1. The summed E-state index contributed by atoms with van der Waals surface area (Å²) in [6.45, 7) is 5.88. The second-order valence-electron chi connectivity index (χ2n) is 3.49. The molecule has 14 heavy (non-hydrogen) atoms. The van der Waals surface area contributed by atoms with Crippen molar-refractivity contribution in [2.45, 2.75) is 26.0 Å². The van der Waals surface area contributed by atoms with Gasteiger partial charge in [-0.05, 0) is 13.8 Å². The highest BCUT2D eigenvalue weighted by molar-refractivity contribution is 5.68. The second kappa shape index (κ2) is 4.87. The van der Waals surface area contributed by atoms with Crippen LogP contribution in [0.15, 0.2) is 0 Å². The van der Waals surface area contributed by atoms with Crippen LogP contribution in [0.2, 0.25) is 0 Å². The van der Waals surface area contributed by atoms with E-state index in [1.165, 1.54) is 0 Å². The van der Waals surface area contributed by atoms with Crippen LogP contribution in [-0.2, 0) is 4.74 Å². The molecular formula is C10H16N2O2. The van der Waals surface area contributed by atoms with Crippen molar-refractivity contribution < 1.29 is 9.53 Å². The fourth-order valence-electron chi connectivity index (χ4n) is 1.36. The van der Waals surface area contributed by atoms with E-state index in [9.17, 15) is 4.79 Å². The highest BCUT2D eigenvalue weighted by atomic mass is 16.6. The van der Waals surface area contributed by atoms with Gasteiger partial charge in [0.05, 0.1) is 0 Å². The Bertz CT molecular complexity index is 247. The minimum Gasteiger partial charge on any atom is -0.433 e. The quantitative estimate of drug-likeness (QED) is 0.619. The SMILES string of the molecule is C#CC(C)OC(=O)N1CCNC(C)C1. The maximum Gasteiger partial charge on any atom is 0.411 e. The highest BCUT2D eigenvalue weighted by Gasteiger charge is 2.22. The van der Waals surface area contributed by atoms with Crippen LogP contribution in [0.3, 0.4) is 0 Å². The molecule has 0 aromatic carbocycles. The third-order valence-corrected chi connectivity index (χ3v) is 2.14. The molecule has 1 fully saturated rings. The molecule has 0 aromatic rings. The number of nitrogens with zero attached hydrogens (tertiary/aromatic N) is 1. The molecule has 1 saturated heterocycles. The van der Waals surface area contributed by atoms with Crippen LogP contribution in [0.4, 0.5) is 4.79 Å². The van der Waals surface area contributed by atoms with Crippen LogP contribution in [0.1, 0.15) is 13.8 Å². The van der Waals surface area contributed by atoms with Crippen molar-refractivity contribution in [1.29, 1.82) is 0 Å². The molecule has 0 spiro atoms. The normalized spacial score (nSPS) is 23.8. The fourth-order valence-corrected chi connectivity index (χ4v) is 1.36. The van der Waals surface area contributed by atoms with Gasteiger partial charge >= 0.3 is 6.09 Å². The van der Waals surface area contributed by atoms with Gasteiger partial charge < -0.3 is 15.0 Å². The summed E-state index contributed by atoms with van der Waals surface area (Å²) in [7, 11) is 0. The third kappa shape index (κ3) is 2.93. The van der Waals surface area contributed by atoms with Crippen molar-refractivity contribution in [2.24, 2.45) is 0 Å². The Labute approximate surface area is 84.6 Å². The Morgan fingerprint density at radius 3 is 3.07 bits per heavy atom. The first-order valence-electron chi connectivity index (χ1n) is 4.78. The van der Waals surface area contributed by atoms with Gasteiger partial charge in [0.15, 0.2) is 6.10 Å². The van der Waals surface area contributed by atoms with Crippen LogP contribution in [0.5, 0.6) is 0 Å². The molecule has 0 aromatic heterocycles. The zero-order valence-electron chi connectivity index (χ0n) is 8.62. The average molecular weight is 196 g/mol. The number of amides is 1. The lowest BCUT2D eigenvalue weighted by Crippen LogP contribution is -2.51. The number of ether oxygens (including phenoxy) is 1. The van der Waals surface area contributed by atoms with Crippen molar-refractivity contribution >= 4 is 6.09 Å². The molecule has 1 amide bonds. The van der Waals surface area contributed by atoms with Gasteiger partial charge in [0.1, 0.15) is 0 Å². The number of hydrogen-bond acceptors (Lipinski definition) is 3. The topological polar surface area (TPSA) is 41.6 Å². The monoisotopic (exact) mass is 196 g/mol. The van der Waals surface area contributed by atoms with Gasteiger partial charge in [0.25, 0.3) is 0 Å². The molecule has 78 valence electrons. The summed E-state index contributed by atoms with van der Waals surface area (Å²) in [5, 5.41) is 3.24. The van der Waals surface area contributed by atoms with Crippen LogP contribution in [-0.4, -0.2) is 42.8 Å². The van der Waals surface area contributed by atoms with Crippen LogP contribution < -0.4 is 5.32 Å². The zero-order chi connectivity index (χ0) is 10.6. The standard InChI is InChI=1S/C10H16N2O2/c1-4-9(3)14-10(13)12-6-5-11-8(2)7-12/h1,8-9,11H,5-7H2,2-3H3. The molecule has 2 unspecified atom stereocenters. The first kappa shape index (κ1) is 10.9. The van der Waals surface area contributed by atoms with Gasteiger partial charge in [-0.3, -0.25) is 0 Å². The van der Waals surface area contributed by atoms with Gasteiger partial charge in [-0.25, -0.2) is 4.79 Å². The van der Waals surface area contributed by atoms with E-state index >= 15 is 0 Å². The smallest absolute Gasteiger partial charge is 0.411 e. The maximum atomic E-state index is 11.5. The van der Waals surface area contributed by atoms with Crippen LogP contribution >= 0.6 is 0 Å². The van der Waals surface area contributed by atoms with E-state index < -0.39 is 6.10 Å². The summed E-state index contributed by atoms with van der Waals surface area (Å²) >= 11 is 0. The zero-order valence-corrected chi connectivity index (χ0v) is 8.62. The van der Waals surface area contributed by atoms with Gasteiger partial charge in [0, 0.05) is 25.7 Å². The Balaban J connectivity index is 2.40. The molecular weight excluding hydrogens is 180 g/mol. The van der Waals surface area contributed by atoms with E-state index in [2.05, 4.69) is 11.2 Å². The Kier molecular flexibility index (Phi) is 3.78. The average Bonchev–Trinajstić information content (AvgIpc) is 2.17. The van der Waals surface area contributed by atoms with Gasteiger partial charge in [-0.2, -0.15) is 0 Å². The number of nitrogens with one attached hydrogen (secondary N) is 1. The van der Waals surface area contributed by atoms with Gasteiger partial charge in [-0.15, -0.1) is 6.42 Å². The molecule has 0 aliphatic carbocycles. The molecule has 4 heteroatoms. The van der Waals surface area contributed by atoms with E-state index in [-0.39, 0.29) is 6.09 Å². The summed E-state index contributed by atoms with van der Waals surface area (Å²) in [5.41, 5.74) is 0. The first-order valence-corrected chi connectivity index (χ1v) is 4.78. The third-order valence-electron chi connectivity index (χ3n) is 2.14. The van der Waals surface area contributed by atoms with Gasteiger partial charge in [0.2, 0.25) is 0 Å². The van der Waals surface area contributed by atoms with E-state index in [1.54, 1.807) is 11.8 Å². The van der Waals surface area contributed by atoms with Crippen molar-refractivity contribution in [1.82, 2.24) is 10.2 Å². The molecule has 1 heterocycles. The second-order valence-corrected chi connectivity index (χ2v) is 3.49. The Morgan fingerprint density at radius 1 is 1.79 bits per heavy atom. The minimum absolute atomic E-state index is 0.316. The predicted octanol–water partition coefficient (Wildman–Crippen LogP) is 0.438. The lowest BCUT2D eigenvalue weighted by atomic mass is 10.2. The van der Waals surface area contributed by atoms with Crippen molar-refractivity contribution in [3.8, 4) is 12.3 Å². The molecule has 1 rings (SSSR count).